The van der Waals surface area contributed by atoms with Crippen LogP contribution in [0.1, 0.15) is 59.8 Å². The van der Waals surface area contributed by atoms with Crippen molar-refractivity contribution in [1.29, 1.82) is 0 Å². The standard InChI is InChI=1S/C17H28O4/c1-5-14-11(3)13-7-6-10(2)12-8-9-16(4)19-15(18-14)17(12,13)21-20-16/h10-15H,5-9H2,1-4H3/t10-,11-,12+,13+,14?,15-,16-,17?/m0/s1. The number of hydrogen-bond acceptors (Lipinski definition) is 4. The molecule has 4 aliphatic heterocycles. The Kier molecular flexibility index (Phi) is 3.21. The molecular weight excluding hydrogens is 268 g/mol. The smallest absolute Gasteiger partial charge is 0.201 e. The third-order valence-corrected chi connectivity index (χ3v) is 6.70. The second kappa shape index (κ2) is 4.67. The minimum atomic E-state index is -0.642. The molecule has 4 heteroatoms. The van der Waals surface area contributed by atoms with Crippen molar-refractivity contribution in [2.45, 2.75) is 83.6 Å². The second-order valence-electron chi connectivity index (χ2n) is 7.85. The Hall–Kier alpha value is -0.160. The molecule has 8 atom stereocenters. The molecule has 2 unspecified atom stereocenters. The third kappa shape index (κ3) is 1.82. The monoisotopic (exact) mass is 296 g/mol. The minimum Gasteiger partial charge on any atom is -0.346 e. The maximum atomic E-state index is 6.38. The van der Waals surface area contributed by atoms with Gasteiger partial charge in [-0.15, -0.1) is 0 Å². The summed E-state index contributed by atoms with van der Waals surface area (Å²) in [5, 5.41) is 0. The van der Waals surface area contributed by atoms with E-state index in [2.05, 4.69) is 20.8 Å². The molecule has 4 nitrogen and oxygen atoms in total. The van der Waals surface area contributed by atoms with Crippen molar-refractivity contribution in [3.8, 4) is 0 Å². The first kappa shape index (κ1) is 14.4. The zero-order valence-corrected chi connectivity index (χ0v) is 13.6. The van der Waals surface area contributed by atoms with Crippen LogP contribution >= 0.6 is 0 Å². The van der Waals surface area contributed by atoms with Gasteiger partial charge in [-0.05, 0) is 50.4 Å². The van der Waals surface area contributed by atoms with Gasteiger partial charge < -0.3 is 9.47 Å². The van der Waals surface area contributed by atoms with Gasteiger partial charge in [-0.25, -0.2) is 9.78 Å². The normalized spacial score (nSPS) is 59.4. The molecule has 5 rings (SSSR count). The first-order chi connectivity index (χ1) is 10.00. The Morgan fingerprint density at radius 1 is 1.05 bits per heavy atom. The molecule has 1 aliphatic carbocycles. The quantitative estimate of drug-likeness (QED) is 0.692. The van der Waals surface area contributed by atoms with E-state index in [0.717, 1.165) is 19.3 Å². The van der Waals surface area contributed by atoms with E-state index in [1.165, 1.54) is 12.8 Å². The number of rotatable bonds is 1. The maximum absolute atomic E-state index is 6.38. The molecule has 4 heterocycles. The number of ether oxygens (including phenoxy) is 2. The third-order valence-electron chi connectivity index (χ3n) is 6.70. The molecule has 2 bridgehead atoms. The molecule has 0 radical (unpaired) electrons. The van der Waals surface area contributed by atoms with Crippen LogP contribution in [0.4, 0.5) is 0 Å². The highest BCUT2D eigenvalue weighted by Crippen LogP contribution is 2.60. The molecule has 5 fully saturated rings. The summed E-state index contributed by atoms with van der Waals surface area (Å²) in [5.74, 6) is 1.45. The molecule has 0 aromatic carbocycles. The molecule has 1 saturated carbocycles. The van der Waals surface area contributed by atoms with Gasteiger partial charge in [0.25, 0.3) is 0 Å². The van der Waals surface area contributed by atoms with E-state index in [1.54, 1.807) is 0 Å². The summed E-state index contributed by atoms with van der Waals surface area (Å²) in [4.78, 5) is 11.9. The molecule has 0 N–H and O–H groups in total. The molecule has 5 aliphatic rings. The van der Waals surface area contributed by atoms with Gasteiger partial charge in [0.1, 0.15) is 0 Å². The summed E-state index contributed by atoms with van der Waals surface area (Å²) < 4.78 is 12.7. The maximum Gasteiger partial charge on any atom is 0.201 e. The molecule has 21 heavy (non-hydrogen) atoms. The summed E-state index contributed by atoms with van der Waals surface area (Å²) in [6.45, 7) is 8.86. The Morgan fingerprint density at radius 3 is 2.62 bits per heavy atom. The molecule has 0 aromatic heterocycles. The average molecular weight is 296 g/mol. The Labute approximate surface area is 127 Å². The lowest BCUT2D eigenvalue weighted by Gasteiger charge is -2.60. The fourth-order valence-corrected chi connectivity index (χ4v) is 5.45. The fraction of sp³-hybridized carbons (Fsp3) is 1.00. The largest absolute Gasteiger partial charge is 0.346 e. The van der Waals surface area contributed by atoms with Crippen LogP contribution in [0.2, 0.25) is 0 Å². The zero-order chi connectivity index (χ0) is 14.8. The van der Waals surface area contributed by atoms with E-state index < -0.39 is 11.4 Å². The summed E-state index contributed by atoms with van der Waals surface area (Å²) in [7, 11) is 0. The summed E-state index contributed by atoms with van der Waals surface area (Å²) in [5.41, 5.74) is -0.390. The summed E-state index contributed by atoms with van der Waals surface area (Å²) >= 11 is 0. The highest BCUT2D eigenvalue weighted by Gasteiger charge is 2.69. The molecule has 0 aromatic rings. The zero-order valence-electron chi connectivity index (χ0n) is 13.6. The Balaban J connectivity index is 1.79. The van der Waals surface area contributed by atoms with Crippen LogP contribution in [-0.2, 0) is 19.2 Å². The number of fused-ring (bicyclic) bond motifs is 2. The van der Waals surface area contributed by atoms with Crippen LogP contribution in [-0.4, -0.2) is 23.8 Å². The van der Waals surface area contributed by atoms with Gasteiger partial charge in [-0.3, -0.25) is 0 Å². The van der Waals surface area contributed by atoms with Crippen LogP contribution < -0.4 is 0 Å². The first-order valence-electron chi connectivity index (χ1n) is 8.70. The van der Waals surface area contributed by atoms with Gasteiger partial charge in [0.15, 0.2) is 11.9 Å². The van der Waals surface area contributed by atoms with Gasteiger partial charge in [0, 0.05) is 12.3 Å². The minimum absolute atomic E-state index is 0.266. The predicted molar refractivity (Wildman–Crippen MR) is 77.1 cm³/mol. The van der Waals surface area contributed by atoms with Crippen molar-refractivity contribution in [3.05, 3.63) is 0 Å². The number of hydrogen-bond donors (Lipinski definition) is 0. The van der Waals surface area contributed by atoms with Crippen molar-refractivity contribution < 1.29 is 19.2 Å². The van der Waals surface area contributed by atoms with Gasteiger partial charge in [0.2, 0.25) is 5.79 Å². The topological polar surface area (TPSA) is 36.9 Å². The van der Waals surface area contributed by atoms with Gasteiger partial charge in [-0.1, -0.05) is 20.8 Å². The van der Waals surface area contributed by atoms with Crippen molar-refractivity contribution in [2.75, 3.05) is 0 Å². The summed E-state index contributed by atoms with van der Waals surface area (Å²) in [6, 6.07) is 0. The lowest BCUT2D eigenvalue weighted by molar-refractivity contribution is -0.571. The van der Waals surface area contributed by atoms with Crippen molar-refractivity contribution >= 4 is 0 Å². The van der Waals surface area contributed by atoms with Gasteiger partial charge in [0.05, 0.1) is 6.10 Å². The SMILES string of the molecule is CCC1O[C@H]2O[C@]3(C)CC[C@@H]4[C@@H](C)CC[C@H]([C@@H]1C)C24OO3. The van der Waals surface area contributed by atoms with Crippen LogP contribution in [0.5, 0.6) is 0 Å². The van der Waals surface area contributed by atoms with Crippen LogP contribution in [0.15, 0.2) is 0 Å². The molecule has 1 spiro atoms. The molecule has 4 saturated heterocycles. The van der Waals surface area contributed by atoms with Crippen molar-refractivity contribution in [1.82, 2.24) is 0 Å². The fourth-order valence-electron chi connectivity index (χ4n) is 5.45. The highest BCUT2D eigenvalue weighted by atomic mass is 17.3. The predicted octanol–water partition coefficient (Wildman–Crippen LogP) is 3.65. The van der Waals surface area contributed by atoms with E-state index in [9.17, 15) is 0 Å². The van der Waals surface area contributed by atoms with Crippen LogP contribution in [0, 0.1) is 23.7 Å². The molecule has 120 valence electrons. The van der Waals surface area contributed by atoms with Gasteiger partial charge in [-0.2, -0.15) is 0 Å². The Bertz CT molecular complexity index is 427. The molecule has 0 amide bonds. The Morgan fingerprint density at radius 2 is 1.86 bits per heavy atom. The highest BCUT2D eigenvalue weighted by molar-refractivity contribution is 5.09. The van der Waals surface area contributed by atoms with Crippen molar-refractivity contribution in [3.63, 3.8) is 0 Å². The lowest BCUT2D eigenvalue weighted by atomic mass is 9.57. The lowest BCUT2D eigenvalue weighted by Crippen LogP contribution is -2.70. The van der Waals surface area contributed by atoms with Crippen molar-refractivity contribution in [2.24, 2.45) is 23.7 Å². The van der Waals surface area contributed by atoms with Crippen LogP contribution in [0.25, 0.3) is 0 Å². The van der Waals surface area contributed by atoms with E-state index >= 15 is 0 Å². The second-order valence-corrected chi connectivity index (χ2v) is 7.85. The average Bonchev–Trinajstić information content (AvgIpc) is 2.69. The molecular formula is C17H28O4. The van der Waals surface area contributed by atoms with E-state index in [-0.39, 0.29) is 12.4 Å². The van der Waals surface area contributed by atoms with E-state index in [0.29, 0.717) is 23.7 Å². The van der Waals surface area contributed by atoms with Crippen LogP contribution in [0.3, 0.4) is 0 Å². The summed E-state index contributed by atoms with van der Waals surface area (Å²) in [6.07, 6.45) is 5.51. The van der Waals surface area contributed by atoms with E-state index in [4.69, 9.17) is 19.2 Å². The van der Waals surface area contributed by atoms with E-state index in [1.807, 2.05) is 6.92 Å². The van der Waals surface area contributed by atoms with Gasteiger partial charge >= 0.3 is 0 Å². The first-order valence-corrected chi connectivity index (χ1v) is 8.70.